The molecule has 8 heteroatoms. The van der Waals surface area contributed by atoms with Crippen molar-refractivity contribution < 1.29 is 14.5 Å². The number of piperidine rings is 1. The Morgan fingerprint density at radius 1 is 1.21 bits per heavy atom. The van der Waals surface area contributed by atoms with E-state index < -0.39 is 4.92 Å². The first-order chi connectivity index (χ1) is 13.5. The van der Waals surface area contributed by atoms with Gasteiger partial charge in [0, 0.05) is 30.9 Å². The standard InChI is InChI=1S/C20H30N4O4/c1-16(20(25)21-18-2-4-19(5-3-18)24(26)27)23-10-7-17(8-11-23)6-9-22-12-14-28-15-13-22/h2-5,16-17H,6-15H2,1H3,(H,21,25). The summed E-state index contributed by atoms with van der Waals surface area (Å²) < 4.78 is 5.40. The van der Waals surface area contributed by atoms with E-state index in [4.69, 9.17) is 4.74 Å². The smallest absolute Gasteiger partial charge is 0.269 e. The van der Waals surface area contributed by atoms with Crippen LogP contribution < -0.4 is 5.32 Å². The Labute approximate surface area is 166 Å². The lowest BCUT2D eigenvalue weighted by atomic mass is 9.92. The molecule has 3 rings (SSSR count). The number of benzene rings is 1. The quantitative estimate of drug-likeness (QED) is 0.568. The maximum atomic E-state index is 12.5. The minimum absolute atomic E-state index is 0.0187. The molecule has 0 aromatic heterocycles. The van der Waals surface area contributed by atoms with E-state index >= 15 is 0 Å². The molecule has 1 aromatic carbocycles. The van der Waals surface area contributed by atoms with Gasteiger partial charge in [-0.1, -0.05) is 0 Å². The monoisotopic (exact) mass is 390 g/mol. The van der Waals surface area contributed by atoms with Gasteiger partial charge in [0.25, 0.3) is 5.69 Å². The van der Waals surface area contributed by atoms with E-state index in [9.17, 15) is 14.9 Å². The van der Waals surface area contributed by atoms with Crippen LogP contribution in [0.4, 0.5) is 11.4 Å². The Bertz CT molecular complexity index is 653. The van der Waals surface area contributed by atoms with Crippen molar-refractivity contribution in [2.24, 2.45) is 5.92 Å². The summed E-state index contributed by atoms with van der Waals surface area (Å²) in [6.07, 6.45) is 3.47. The third kappa shape index (κ3) is 5.73. The van der Waals surface area contributed by atoms with Crippen LogP contribution in [0.5, 0.6) is 0 Å². The molecular formula is C20H30N4O4. The van der Waals surface area contributed by atoms with E-state index in [-0.39, 0.29) is 17.6 Å². The maximum Gasteiger partial charge on any atom is 0.269 e. The summed E-state index contributed by atoms with van der Waals surface area (Å²) in [4.78, 5) is 27.5. The fourth-order valence-electron chi connectivity index (χ4n) is 3.90. The van der Waals surface area contributed by atoms with Gasteiger partial charge in [0.2, 0.25) is 5.91 Å². The van der Waals surface area contributed by atoms with Gasteiger partial charge in [0.05, 0.1) is 24.2 Å². The molecule has 1 aromatic rings. The Balaban J connectivity index is 1.40. The van der Waals surface area contributed by atoms with E-state index in [2.05, 4.69) is 15.1 Å². The Hall–Kier alpha value is -2.03. The predicted octanol–water partition coefficient (Wildman–Crippen LogP) is 2.36. The number of hydrogen-bond acceptors (Lipinski definition) is 6. The number of nitro benzene ring substituents is 1. The van der Waals surface area contributed by atoms with Gasteiger partial charge in [0.1, 0.15) is 0 Å². The number of morpholine rings is 1. The molecule has 2 heterocycles. The fraction of sp³-hybridized carbons (Fsp3) is 0.650. The lowest BCUT2D eigenvalue weighted by molar-refractivity contribution is -0.384. The van der Waals surface area contributed by atoms with Crippen LogP contribution in [0.15, 0.2) is 24.3 Å². The van der Waals surface area contributed by atoms with Gasteiger partial charge in [-0.05, 0) is 63.9 Å². The van der Waals surface area contributed by atoms with Crippen LogP contribution >= 0.6 is 0 Å². The van der Waals surface area contributed by atoms with Gasteiger partial charge in [-0.3, -0.25) is 24.7 Å². The number of non-ortho nitro benzene ring substituents is 1. The number of ether oxygens (including phenoxy) is 1. The molecule has 1 unspecified atom stereocenters. The lowest BCUT2D eigenvalue weighted by Crippen LogP contribution is -2.46. The third-order valence-corrected chi connectivity index (χ3v) is 5.88. The molecule has 2 aliphatic heterocycles. The van der Waals surface area contributed by atoms with E-state index in [1.807, 2.05) is 6.92 Å². The van der Waals surface area contributed by atoms with Crippen molar-refractivity contribution in [2.45, 2.75) is 32.2 Å². The van der Waals surface area contributed by atoms with Crippen LogP contribution in [0.25, 0.3) is 0 Å². The number of nitrogens with one attached hydrogen (secondary N) is 1. The zero-order valence-electron chi connectivity index (χ0n) is 16.5. The number of nitro groups is 1. The molecule has 0 bridgehead atoms. The number of carbonyl (C=O) groups excluding carboxylic acids is 1. The Kier molecular flexibility index (Phi) is 7.36. The van der Waals surface area contributed by atoms with Crippen molar-refractivity contribution in [2.75, 3.05) is 51.3 Å². The SMILES string of the molecule is CC(C(=O)Nc1ccc([N+](=O)[O-])cc1)N1CCC(CCN2CCOCC2)CC1. The fourth-order valence-corrected chi connectivity index (χ4v) is 3.90. The average Bonchev–Trinajstić information content (AvgIpc) is 2.73. The van der Waals surface area contributed by atoms with Gasteiger partial charge in [-0.15, -0.1) is 0 Å². The molecule has 154 valence electrons. The Morgan fingerprint density at radius 2 is 1.86 bits per heavy atom. The second-order valence-electron chi connectivity index (χ2n) is 7.69. The number of likely N-dealkylation sites (tertiary alicyclic amines) is 1. The molecule has 2 fully saturated rings. The van der Waals surface area contributed by atoms with Crippen molar-refractivity contribution in [3.05, 3.63) is 34.4 Å². The highest BCUT2D eigenvalue weighted by atomic mass is 16.6. The van der Waals surface area contributed by atoms with E-state index in [0.29, 0.717) is 5.69 Å². The second-order valence-corrected chi connectivity index (χ2v) is 7.69. The largest absolute Gasteiger partial charge is 0.379 e. The van der Waals surface area contributed by atoms with Gasteiger partial charge in [-0.2, -0.15) is 0 Å². The summed E-state index contributed by atoms with van der Waals surface area (Å²) in [5.41, 5.74) is 0.605. The predicted molar refractivity (Wildman–Crippen MR) is 107 cm³/mol. The molecule has 8 nitrogen and oxygen atoms in total. The van der Waals surface area contributed by atoms with Gasteiger partial charge < -0.3 is 10.1 Å². The topological polar surface area (TPSA) is 87.9 Å². The number of amides is 1. The summed E-state index contributed by atoms with van der Waals surface area (Å²) in [7, 11) is 0. The van der Waals surface area contributed by atoms with Crippen molar-refractivity contribution in [3.8, 4) is 0 Å². The minimum atomic E-state index is -0.447. The van der Waals surface area contributed by atoms with Crippen molar-refractivity contribution in [1.82, 2.24) is 9.80 Å². The molecule has 2 aliphatic rings. The second kappa shape index (κ2) is 9.95. The van der Waals surface area contributed by atoms with E-state index in [1.54, 1.807) is 12.1 Å². The summed E-state index contributed by atoms with van der Waals surface area (Å²) in [6, 6.07) is 5.73. The summed E-state index contributed by atoms with van der Waals surface area (Å²) in [6.45, 7) is 8.71. The number of rotatable bonds is 7. The van der Waals surface area contributed by atoms with Crippen LogP contribution in [0, 0.1) is 16.0 Å². The zero-order valence-corrected chi connectivity index (χ0v) is 16.5. The first-order valence-corrected chi connectivity index (χ1v) is 10.1. The van der Waals surface area contributed by atoms with Gasteiger partial charge in [0.15, 0.2) is 0 Å². The molecule has 0 saturated carbocycles. The molecule has 1 amide bonds. The van der Waals surface area contributed by atoms with E-state index in [0.717, 1.165) is 64.7 Å². The molecule has 28 heavy (non-hydrogen) atoms. The first-order valence-electron chi connectivity index (χ1n) is 10.1. The van der Waals surface area contributed by atoms with Gasteiger partial charge >= 0.3 is 0 Å². The normalized spacial score (nSPS) is 20.6. The maximum absolute atomic E-state index is 12.5. The molecule has 0 spiro atoms. The van der Waals surface area contributed by atoms with Crippen LogP contribution in [-0.4, -0.2) is 72.6 Å². The lowest BCUT2D eigenvalue weighted by Gasteiger charge is -2.36. The average molecular weight is 390 g/mol. The van der Waals surface area contributed by atoms with Gasteiger partial charge in [-0.25, -0.2) is 0 Å². The molecule has 1 atom stereocenters. The first kappa shape index (κ1) is 20.7. The molecule has 0 aliphatic carbocycles. The number of carbonyl (C=O) groups is 1. The highest BCUT2D eigenvalue weighted by Crippen LogP contribution is 2.23. The Morgan fingerprint density at radius 3 is 2.46 bits per heavy atom. The molecule has 0 radical (unpaired) electrons. The van der Waals surface area contributed by atoms with Crippen LogP contribution in [0.3, 0.4) is 0 Å². The third-order valence-electron chi connectivity index (χ3n) is 5.88. The highest BCUT2D eigenvalue weighted by Gasteiger charge is 2.27. The number of anilines is 1. The molecular weight excluding hydrogens is 360 g/mol. The van der Waals surface area contributed by atoms with E-state index in [1.165, 1.54) is 18.6 Å². The van der Waals surface area contributed by atoms with Crippen molar-refractivity contribution in [3.63, 3.8) is 0 Å². The van der Waals surface area contributed by atoms with Crippen LogP contribution in [0.2, 0.25) is 0 Å². The molecule has 1 N–H and O–H groups in total. The highest BCUT2D eigenvalue weighted by molar-refractivity contribution is 5.94. The minimum Gasteiger partial charge on any atom is -0.379 e. The molecule has 2 saturated heterocycles. The van der Waals surface area contributed by atoms with Crippen LogP contribution in [0.1, 0.15) is 26.2 Å². The van der Waals surface area contributed by atoms with Crippen molar-refractivity contribution >= 4 is 17.3 Å². The number of nitrogens with zero attached hydrogens (tertiary/aromatic N) is 3. The summed E-state index contributed by atoms with van der Waals surface area (Å²) in [5, 5.41) is 13.6. The van der Waals surface area contributed by atoms with Crippen LogP contribution in [-0.2, 0) is 9.53 Å². The summed E-state index contributed by atoms with van der Waals surface area (Å²) in [5.74, 6) is 0.657. The summed E-state index contributed by atoms with van der Waals surface area (Å²) >= 11 is 0. The zero-order chi connectivity index (χ0) is 19.9. The van der Waals surface area contributed by atoms with Crippen molar-refractivity contribution in [1.29, 1.82) is 0 Å². The number of hydrogen-bond donors (Lipinski definition) is 1.